The molecule has 0 saturated heterocycles. The van der Waals surface area contributed by atoms with Gasteiger partial charge in [0.15, 0.2) is 17.5 Å². The molecule has 0 atom stereocenters. The highest BCUT2D eigenvalue weighted by atomic mass is 32.1. The highest BCUT2D eigenvalue weighted by Crippen LogP contribution is 2.38. The van der Waals surface area contributed by atoms with E-state index < -0.39 is 277 Å². The van der Waals surface area contributed by atoms with Crippen LogP contribution in [0.5, 0.6) is 0 Å². The minimum atomic E-state index is -1.21. The Morgan fingerprint density at radius 1 is 0.339 bits per heavy atom. The van der Waals surface area contributed by atoms with Gasteiger partial charge in [-0.2, -0.15) is 0 Å². The summed E-state index contributed by atoms with van der Waals surface area (Å²) in [6.07, 6.45) is 0. The van der Waals surface area contributed by atoms with Crippen LogP contribution in [0.2, 0.25) is 0 Å². The average molecular weight is 765 g/mol. The Bertz CT molecular complexity index is 4970. The number of aromatic nitrogens is 4. The van der Waals surface area contributed by atoms with E-state index in [2.05, 4.69) is 15.0 Å². The number of rotatable bonds is 6. The van der Waals surface area contributed by atoms with E-state index in [0.717, 1.165) is 0 Å². The highest BCUT2D eigenvalue weighted by molar-refractivity contribution is 7.25. The molecule has 0 aliphatic rings. The fourth-order valence-corrected chi connectivity index (χ4v) is 6.84. The summed E-state index contributed by atoms with van der Waals surface area (Å²) in [6.45, 7) is 0. The van der Waals surface area contributed by atoms with Crippen molar-refractivity contribution in [2.24, 2.45) is 0 Å². The molecule has 0 aliphatic heterocycles. The number of benzene rings is 8. The molecule has 0 saturated carbocycles. The van der Waals surface area contributed by atoms with Gasteiger partial charge in [-0.25, -0.2) is 15.0 Å². The van der Waals surface area contributed by atoms with Crippen LogP contribution in [0, 0.1) is 0 Å². The van der Waals surface area contributed by atoms with Crippen LogP contribution in [-0.2, 0) is 0 Å². The molecule has 56 heavy (non-hydrogen) atoms. The first kappa shape index (κ1) is 13.5. The van der Waals surface area contributed by atoms with Gasteiger partial charge in [-0.1, -0.05) is 151 Å². The summed E-state index contributed by atoms with van der Waals surface area (Å²) in [5, 5.41) is -1.59. The van der Waals surface area contributed by atoms with Gasteiger partial charge in [-0.3, -0.25) is 0 Å². The van der Waals surface area contributed by atoms with E-state index in [-0.39, 0.29) is 20.2 Å². The minimum Gasteiger partial charge on any atom is -0.309 e. The lowest BCUT2D eigenvalue weighted by atomic mass is 9.97. The first-order valence-corrected chi connectivity index (χ1v) is 17.0. The highest BCUT2D eigenvalue weighted by Gasteiger charge is 2.17. The first-order valence-electron chi connectivity index (χ1n) is 32.2. The van der Waals surface area contributed by atoms with E-state index >= 15 is 0 Å². The van der Waals surface area contributed by atoms with Gasteiger partial charge in [0.1, 0.15) is 0 Å². The van der Waals surface area contributed by atoms with Crippen LogP contribution in [0.4, 0.5) is 0 Å². The maximum Gasteiger partial charge on any atom is 0.164 e. The molecule has 11 aromatic rings. The number of thiophene rings is 1. The number of para-hydroxylation sites is 2. The van der Waals surface area contributed by atoms with E-state index in [4.69, 9.17) is 30.2 Å². The van der Waals surface area contributed by atoms with Crippen molar-refractivity contribution in [2.45, 2.75) is 0 Å². The van der Waals surface area contributed by atoms with E-state index in [1.54, 1.807) is 0 Å². The molecule has 0 bridgehead atoms. The summed E-state index contributed by atoms with van der Waals surface area (Å²) in [5.74, 6) is -2.62. The second kappa shape index (κ2) is 13.3. The monoisotopic (exact) mass is 764 g/mol. The smallest absolute Gasteiger partial charge is 0.164 e. The van der Waals surface area contributed by atoms with Crippen LogP contribution < -0.4 is 0 Å². The number of hydrogen-bond acceptors (Lipinski definition) is 4. The SMILES string of the molecule is [2H]c1c([2H])c([2H])c(-c2nc(-c3c([2H])c([2H])c(-c4c([2H])c(-c5c([2H])c([2H])c([2H])c([2H])c5[2H])c([2H])c(-n5c6c([2H])c([2H])c([2H])c([2H])c6c6c([2H])c([2H])c([2H])c([2H])c65)c4[2H])c([2H])c3[2H])nc(-c3c([2H])c([2H])c4c(sc5c([2H])c([2H])c([2H])c([2H])c54)c3[2H])n2)c([2H])c1[2H]. The van der Waals surface area contributed by atoms with Crippen LogP contribution in [0.15, 0.2) is 193 Å². The Kier molecular flexibility index (Phi) is 3.20. The van der Waals surface area contributed by atoms with Gasteiger partial charge in [0.25, 0.3) is 0 Å². The molecule has 0 unspecified atom stereocenters. The Labute approximate surface area is 372 Å². The summed E-state index contributed by atoms with van der Waals surface area (Å²) in [5.41, 5.74) is -8.73. The van der Waals surface area contributed by atoms with Gasteiger partial charge >= 0.3 is 0 Å². The summed E-state index contributed by atoms with van der Waals surface area (Å²) in [4.78, 5) is 13.0. The molecular formula is C51H32N4S. The number of fused-ring (bicyclic) bond motifs is 6. The molecule has 4 nitrogen and oxygen atoms in total. The summed E-state index contributed by atoms with van der Waals surface area (Å²) < 4.78 is 287. The first-order chi connectivity index (χ1) is 41.1. The lowest BCUT2D eigenvalue weighted by Crippen LogP contribution is -2.00. The zero-order valence-corrected chi connectivity index (χ0v) is 28.5. The molecule has 0 aliphatic carbocycles. The van der Waals surface area contributed by atoms with Crippen LogP contribution in [-0.4, -0.2) is 19.5 Å². The molecule has 3 aromatic heterocycles. The maximum atomic E-state index is 9.97. The molecular weight excluding hydrogens is 701 g/mol. The Hall–Kier alpha value is -7.21. The van der Waals surface area contributed by atoms with E-state index in [1.807, 2.05) is 0 Å². The predicted molar refractivity (Wildman–Crippen MR) is 234 cm³/mol. The van der Waals surface area contributed by atoms with Crippen LogP contribution in [0.3, 0.4) is 0 Å². The summed E-state index contributed by atoms with van der Waals surface area (Å²) >= 11 is 0.644. The van der Waals surface area contributed by atoms with Crippen LogP contribution in [0.25, 0.3) is 104 Å². The molecule has 0 radical (unpaired) electrons. The van der Waals surface area contributed by atoms with Crippen molar-refractivity contribution in [1.29, 1.82) is 0 Å². The molecule has 0 spiro atoms. The molecule has 262 valence electrons. The zero-order valence-electron chi connectivity index (χ0n) is 59.7. The third-order valence-corrected chi connectivity index (χ3v) is 9.33. The molecule has 0 N–H and O–H groups in total. The van der Waals surface area contributed by atoms with Crippen molar-refractivity contribution < 1.29 is 43.9 Å². The second-order valence-corrected chi connectivity index (χ2v) is 12.6. The molecule has 8 aromatic carbocycles. The van der Waals surface area contributed by atoms with Gasteiger partial charge in [0, 0.05) is 53.3 Å². The van der Waals surface area contributed by atoms with Crippen molar-refractivity contribution in [1.82, 2.24) is 19.5 Å². The third kappa shape index (κ3) is 5.56. The van der Waals surface area contributed by atoms with Crippen molar-refractivity contribution in [2.75, 3.05) is 0 Å². The molecule has 11 rings (SSSR count). The lowest BCUT2D eigenvalue weighted by Gasteiger charge is -2.14. The van der Waals surface area contributed by atoms with Crippen molar-refractivity contribution in [3.63, 3.8) is 0 Å². The quantitative estimate of drug-likeness (QED) is 0.169. The van der Waals surface area contributed by atoms with Crippen molar-refractivity contribution in [3.8, 4) is 62.1 Å². The largest absolute Gasteiger partial charge is 0.309 e. The average Bonchev–Trinajstić information content (AvgIpc) is 1.46. The van der Waals surface area contributed by atoms with Gasteiger partial charge in [-0.05, 0) is 64.6 Å². The second-order valence-electron chi connectivity index (χ2n) is 11.6. The predicted octanol–water partition coefficient (Wildman–Crippen LogP) is 13.7. The minimum absolute atomic E-state index is 0.105. The van der Waals surface area contributed by atoms with Gasteiger partial charge in [-0.15, -0.1) is 11.3 Å². The number of hydrogen-bond donors (Lipinski definition) is 0. The Balaban J connectivity index is 1.29. The molecule has 0 fully saturated rings. The van der Waals surface area contributed by atoms with Crippen LogP contribution >= 0.6 is 11.3 Å². The van der Waals surface area contributed by atoms with Crippen molar-refractivity contribution in [3.05, 3.63) is 193 Å². The van der Waals surface area contributed by atoms with E-state index in [0.29, 0.717) is 15.9 Å². The van der Waals surface area contributed by atoms with Crippen molar-refractivity contribution >= 4 is 53.3 Å². The van der Waals surface area contributed by atoms with E-state index in [1.165, 1.54) is 0 Å². The zero-order chi connectivity index (χ0) is 64.9. The lowest BCUT2D eigenvalue weighted by molar-refractivity contribution is 1.07. The standard InChI is InChI=1S/C51H32N4S/c1-3-13-33(14-4-1)38-29-39(31-40(30-38)55-45-20-10-7-17-41(45)42-18-8-11-21-46(42)55)34-23-25-36(26-24-34)50-52-49(35-15-5-2-6-16-35)53-51(54-50)37-27-28-44-43-19-9-12-22-47(43)56-48(44)32-37/h1-32H/i1D,2D,3D,4D,5D,6D,7D,8D,9D,10D,11D,12D,13D,14D,15D,16D,17D,18D,19D,20D,21D,22D,23D,24D,25D,26D,27D,28D,29D,30D,31D,32D. The third-order valence-electron chi connectivity index (χ3n) is 8.31. The fourth-order valence-electron chi connectivity index (χ4n) is 5.87. The Morgan fingerprint density at radius 3 is 1.43 bits per heavy atom. The maximum absolute atomic E-state index is 9.97. The van der Waals surface area contributed by atoms with Gasteiger partial charge in [0.2, 0.25) is 0 Å². The molecule has 5 heteroatoms. The van der Waals surface area contributed by atoms with Gasteiger partial charge < -0.3 is 4.57 Å². The summed E-state index contributed by atoms with van der Waals surface area (Å²) in [6, 6.07) is -30.1. The Morgan fingerprint density at radius 2 is 0.786 bits per heavy atom. The van der Waals surface area contributed by atoms with Gasteiger partial charge in [0.05, 0.1) is 54.9 Å². The fraction of sp³-hybridized carbons (Fsp3) is 0. The van der Waals surface area contributed by atoms with E-state index in [9.17, 15) is 13.7 Å². The normalized spacial score (nSPS) is 19.6. The number of nitrogens with zero attached hydrogens (tertiary/aromatic N) is 4. The topological polar surface area (TPSA) is 43.6 Å². The summed E-state index contributed by atoms with van der Waals surface area (Å²) in [7, 11) is 0. The molecule has 3 heterocycles. The van der Waals surface area contributed by atoms with Crippen LogP contribution in [0.1, 0.15) is 43.9 Å². The molecule has 0 amide bonds.